The van der Waals surface area contributed by atoms with Crippen LogP contribution in [0.5, 0.6) is 0 Å². The van der Waals surface area contributed by atoms with Gasteiger partial charge in [-0.05, 0) is 36.2 Å². The van der Waals surface area contributed by atoms with Gasteiger partial charge in [0.05, 0.1) is 35.1 Å². The summed E-state index contributed by atoms with van der Waals surface area (Å²) < 4.78 is 0. The molecular formula is C21H17N5O3. The van der Waals surface area contributed by atoms with Gasteiger partial charge in [0.1, 0.15) is 6.33 Å². The number of carbonyl (C=O) groups excluding carboxylic acids is 3. The van der Waals surface area contributed by atoms with Crippen LogP contribution in [0.1, 0.15) is 31.8 Å². The van der Waals surface area contributed by atoms with E-state index in [-0.39, 0.29) is 24.1 Å². The van der Waals surface area contributed by atoms with E-state index < -0.39 is 0 Å². The van der Waals surface area contributed by atoms with E-state index >= 15 is 0 Å². The van der Waals surface area contributed by atoms with Crippen LogP contribution in [-0.4, -0.2) is 44.6 Å². The van der Waals surface area contributed by atoms with E-state index in [2.05, 4.69) is 20.3 Å². The summed E-state index contributed by atoms with van der Waals surface area (Å²) in [7, 11) is 1.44. The van der Waals surface area contributed by atoms with Gasteiger partial charge >= 0.3 is 0 Å². The monoisotopic (exact) mass is 387 g/mol. The predicted octanol–water partition coefficient (Wildman–Crippen LogP) is 2.25. The Bertz CT molecular complexity index is 1130. The summed E-state index contributed by atoms with van der Waals surface area (Å²) in [4.78, 5) is 50.5. The van der Waals surface area contributed by atoms with E-state index in [0.717, 1.165) is 16.0 Å². The smallest absolute Gasteiger partial charge is 0.261 e. The van der Waals surface area contributed by atoms with E-state index in [4.69, 9.17) is 0 Å². The zero-order chi connectivity index (χ0) is 20.5. The molecule has 2 aromatic heterocycles. The SMILES string of the molecule is Cc1cc(CC(=O)Nc2ccc(-c3cncnc3)nc2)c2c(c1)C(=O)N(C)C2=O. The number of nitrogens with one attached hydrogen (secondary N) is 1. The highest BCUT2D eigenvalue weighted by atomic mass is 16.2. The highest BCUT2D eigenvalue weighted by Gasteiger charge is 2.35. The maximum atomic E-state index is 12.5. The number of hydrogen-bond acceptors (Lipinski definition) is 6. The lowest BCUT2D eigenvalue weighted by atomic mass is 9.97. The second-order valence-electron chi connectivity index (χ2n) is 6.80. The summed E-state index contributed by atoms with van der Waals surface area (Å²) in [6.45, 7) is 1.83. The van der Waals surface area contributed by atoms with Crippen molar-refractivity contribution in [2.75, 3.05) is 12.4 Å². The van der Waals surface area contributed by atoms with E-state index in [1.165, 1.54) is 13.4 Å². The number of amides is 3. The van der Waals surface area contributed by atoms with Crippen molar-refractivity contribution in [3.8, 4) is 11.3 Å². The molecule has 0 unspecified atom stereocenters. The molecule has 0 saturated carbocycles. The van der Waals surface area contributed by atoms with Gasteiger partial charge in [0.2, 0.25) is 5.91 Å². The fourth-order valence-electron chi connectivity index (χ4n) is 3.31. The van der Waals surface area contributed by atoms with E-state index in [0.29, 0.717) is 28.1 Å². The lowest BCUT2D eigenvalue weighted by Gasteiger charge is -2.09. The van der Waals surface area contributed by atoms with Crippen LogP contribution in [0.3, 0.4) is 0 Å². The molecular weight excluding hydrogens is 370 g/mol. The van der Waals surface area contributed by atoms with Crippen LogP contribution >= 0.6 is 0 Å². The van der Waals surface area contributed by atoms with Crippen LogP contribution in [-0.2, 0) is 11.2 Å². The molecule has 8 nitrogen and oxygen atoms in total. The minimum atomic E-state index is -0.385. The first-order valence-corrected chi connectivity index (χ1v) is 8.91. The topological polar surface area (TPSA) is 105 Å². The number of aromatic nitrogens is 3. The Morgan fingerprint density at radius 1 is 1.07 bits per heavy atom. The summed E-state index contributed by atoms with van der Waals surface area (Å²) in [6.07, 6.45) is 6.27. The largest absolute Gasteiger partial charge is 0.324 e. The lowest BCUT2D eigenvalue weighted by molar-refractivity contribution is -0.115. The predicted molar refractivity (Wildman–Crippen MR) is 105 cm³/mol. The van der Waals surface area contributed by atoms with Crippen molar-refractivity contribution in [1.82, 2.24) is 19.9 Å². The van der Waals surface area contributed by atoms with Crippen molar-refractivity contribution < 1.29 is 14.4 Å². The molecule has 1 aliphatic heterocycles. The third kappa shape index (κ3) is 3.47. The summed E-state index contributed by atoms with van der Waals surface area (Å²) in [5, 5.41) is 2.77. The van der Waals surface area contributed by atoms with E-state index in [9.17, 15) is 14.4 Å². The molecule has 3 aromatic rings. The molecule has 144 valence electrons. The van der Waals surface area contributed by atoms with Crippen LogP contribution < -0.4 is 5.32 Å². The number of pyridine rings is 1. The number of nitrogens with zero attached hydrogens (tertiary/aromatic N) is 4. The Labute approximate surface area is 166 Å². The summed E-state index contributed by atoms with van der Waals surface area (Å²) >= 11 is 0. The number of fused-ring (bicyclic) bond motifs is 1. The Hall–Kier alpha value is -3.94. The van der Waals surface area contributed by atoms with Gasteiger partial charge in [0.15, 0.2) is 0 Å². The van der Waals surface area contributed by atoms with Crippen molar-refractivity contribution >= 4 is 23.4 Å². The molecule has 0 atom stereocenters. The Kier molecular flexibility index (Phi) is 4.59. The third-order valence-electron chi connectivity index (χ3n) is 4.67. The molecule has 0 spiro atoms. The van der Waals surface area contributed by atoms with Gasteiger partial charge in [-0.15, -0.1) is 0 Å². The molecule has 4 rings (SSSR count). The number of hydrogen-bond donors (Lipinski definition) is 1. The average Bonchev–Trinajstić information content (AvgIpc) is 2.93. The first kappa shape index (κ1) is 18.4. The number of benzene rings is 1. The van der Waals surface area contributed by atoms with Gasteiger partial charge < -0.3 is 5.32 Å². The lowest BCUT2D eigenvalue weighted by Crippen LogP contribution is -2.24. The number of imide groups is 1. The molecule has 3 amide bonds. The number of carbonyl (C=O) groups is 3. The van der Waals surface area contributed by atoms with Gasteiger partial charge in [-0.25, -0.2) is 9.97 Å². The molecule has 3 heterocycles. The van der Waals surface area contributed by atoms with E-state index in [1.54, 1.807) is 42.9 Å². The van der Waals surface area contributed by atoms with Crippen molar-refractivity contribution in [3.05, 3.63) is 71.4 Å². The van der Waals surface area contributed by atoms with Gasteiger partial charge in [-0.2, -0.15) is 0 Å². The van der Waals surface area contributed by atoms with Crippen LogP contribution in [0.15, 0.2) is 49.2 Å². The van der Waals surface area contributed by atoms with Crippen molar-refractivity contribution in [1.29, 1.82) is 0 Å². The number of anilines is 1. The third-order valence-corrected chi connectivity index (χ3v) is 4.67. The average molecular weight is 387 g/mol. The van der Waals surface area contributed by atoms with Crippen molar-refractivity contribution in [2.45, 2.75) is 13.3 Å². The molecule has 8 heteroatoms. The highest BCUT2D eigenvalue weighted by Crippen LogP contribution is 2.27. The van der Waals surface area contributed by atoms with Gasteiger partial charge in [-0.3, -0.25) is 24.3 Å². The normalized spacial score (nSPS) is 12.8. The maximum absolute atomic E-state index is 12.5. The highest BCUT2D eigenvalue weighted by molar-refractivity contribution is 6.22. The van der Waals surface area contributed by atoms with Crippen LogP contribution in [0.4, 0.5) is 5.69 Å². The molecule has 1 aromatic carbocycles. The first-order chi connectivity index (χ1) is 13.9. The second-order valence-corrected chi connectivity index (χ2v) is 6.80. The van der Waals surface area contributed by atoms with Gasteiger partial charge in [0.25, 0.3) is 11.8 Å². The molecule has 1 aliphatic rings. The fourth-order valence-corrected chi connectivity index (χ4v) is 3.31. The standard InChI is InChI=1S/C21H17N5O3/c1-12-5-13(19-16(6-12)20(28)26(2)21(19)29)7-18(27)25-15-3-4-17(24-10-15)14-8-22-11-23-9-14/h3-6,8-11H,7H2,1-2H3,(H,25,27). The van der Waals surface area contributed by atoms with Crippen molar-refractivity contribution in [3.63, 3.8) is 0 Å². The molecule has 0 fully saturated rings. The zero-order valence-corrected chi connectivity index (χ0v) is 15.8. The second kappa shape index (κ2) is 7.23. The Morgan fingerprint density at radius 3 is 2.52 bits per heavy atom. The number of aryl methyl sites for hydroxylation is 1. The molecule has 29 heavy (non-hydrogen) atoms. The fraction of sp³-hybridized carbons (Fsp3) is 0.143. The maximum Gasteiger partial charge on any atom is 0.261 e. The quantitative estimate of drug-likeness (QED) is 0.689. The number of rotatable bonds is 4. The molecule has 0 radical (unpaired) electrons. The molecule has 0 aliphatic carbocycles. The van der Waals surface area contributed by atoms with Gasteiger partial charge in [-0.1, -0.05) is 6.07 Å². The summed E-state index contributed by atoms with van der Waals surface area (Å²) in [5.41, 5.74) is 3.98. The molecule has 0 saturated heterocycles. The van der Waals surface area contributed by atoms with Crippen LogP contribution in [0, 0.1) is 6.92 Å². The zero-order valence-electron chi connectivity index (χ0n) is 15.8. The Balaban J connectivity index is 1.52. The minimum absolute atomic E-state index is 0.0227. The van der Waals surface area contributed by atoms with Crippen LogP contribution in [0.2, 0.25) is 0 Å². The summed E-state index contributed by atoms with van der Waals surface area (Å²) in [6, 6.07) is 6.93. The minimum Gasteiger partial charge on any atom is -0.324 e. The van der Waals surface area contributed by atoms with Gasteiger partial charge in [0, 0.05) is 25.0 Å². The molecule has 1 N–H and O–H groups in total. The summed E-state index contributed by atoms with van der Waals surface area (Å²) in [5.74, 6) is -1.03. The first-order valence-electron chi connectivity index (χ1n) is 8.91. The van der Waals surface area contributed by atoms with E-state index in [1.807, 2.05) is 6.92 Å². The molecule has 0 bridgehead atoms. The Morgan fingerprint density at radius 2 is 1.83 bits per heavy atom. The van der Waals surface area contributed by atoms with Crippen LogP contribution in [0.25, 0.3) is 11.3 Å². The van der Waals surface area contributed by atoms with Crippen molar-refractivity contribution in [2.24, 2.45) is 0 Å².